The maximum Gasteiger partial charge on any atom is 0.309 e. The van der Waals surface area contributed by atoms with Crippen LogP contribution in [-0.4, -0.2) is 19.8 Å². The molecule has 0 saturated heterocycles. The van der Waals surface area contributed by atoms with Crippen LogP contribution in [0.15, 0.2) is 29.3 Å². The molecule has 0 N–H and O–H groups in total. The van der Waals surface area contributed by atoms with Gasteiger partial charge in [-0.2, -0.15) is 0 Å². The number of carbonyl (C=O) groups is 1. The third-order valence-corrected chi connectivity index (χ3v) is 1.70. The summed E-state index contributed by atoms with van der Waals surface area (Å²) in [5.74, 6) is -0.237. The van der Waals surface area contributed by atoms with E-state index in [1.54, 1.807) is 0 Å². The van der Waals surface area contributed by atoms with E-state index in [-0.39, 0.29) is 5.97 Å². The van der Waals surface area contributed by atoms with Crippen molar-refractivity contribution in [3.05, 3.63) is 29.8 Å². The normalized spacial score (nSPS) is 9.31. The Kier molecular flexibility index (Phi) is 3.20. The van der Waals surface area contributed by atoms with E-state index in [9.17, 15) is 4.79 Å². The molecular formula is C10H11NO2. The van der Waals surface area contributed by atoms with Crippen molar-refractivity contribution in [3.8, 4) is 0 Å². The molecule has 13 heavy (non-hydrogen) atoms. The van der Waals surface area contributed by atoms with Gasteiger partial charge in [0.2, 0.25) is 0 Å². The summed E-state index contributed by atoms with van der Waals surface area (Å²) in [5, 5.41) is 0. The number of rotatable bonds is 3. The molecule has 0 aromatic heterocycles. The predicted octanol–water partition coefficient (Wildman–Crippen LogP) is 1.73. The SMILES string of the molecule is C=Nc1ccc(CC(=O)OC)cc1. The number of ether oxygens (including phenoxy) is 1. The summed E-state index contributed by atoms with van der Waals surface area (Å²) in [6, 6.07) is 7.29. The van der Waals surface area contributed by atoms with E-state index in [2.05, 4.69) is 16.4 Å². The average molecular weight is 177 g/mol. The van der Waals surface area contributed by atoms with E-state index < -0.39 is 0 Å². The lowest BCUT2D eigenvalue weighted by Gasteiger charge is -1.99. The summed E-state index contributed by atoms with van der Waals surface area (Å²) in [7, 11) is 1.38. The molecule has 0 atom stereocenters. The van der Waals surface area contributed by atoms with Crippen molar-refractivity contribution < 1.29 is 9.53 Å². The maximum atomic E-state index is 10.9. The largest absolute Gasteiger partial charge is 0.469 e. The Hall–Kier alpha value is -1.64. The molecule has 0 fully saturated rings. The molecule has 1 rings (SSSR count). The number of esters is 1. The van der Waals surface area contributed by atoms with Crippen molar-refractivity contribution in [2.45, 2.75) is 6.42 Å². The van der Waals surface area contributed by atoms with E-state index in [1.807, 2.05) is 24.3 Å². The molecular weight excluding hydrogens is 166 g/mol. The molecule has 1 aromatic carbocycles. The lowest BCUT2D eigenvalue weighted by Crippen LogP contribution is -2.03. The highest BCUT2D eigenvalue weighted by atomic mass is 16.5. The van der Waals surface area contributed by atoms with Crippen LogP contribution in [0, 0.1) is 0 Å². The van der Waals surface area contributed by atoms with E-state index in [0.29, 0.717) is 6.42 Å². The highest BCUT2D eigenvalue weighted by Gasteiger charge is 2.01. The van der Waals surface area contributed by atoms with E-state index in [4.69, 9.17) is 0 Å². The smallest absolute Gasteiger partial charge is 0.309 e. The van der Waals surface area contributed by atoms with Crippen LogP contribution in [0.2, 0.25) is 0 Å². The fourth-order valence-electron chi connectivity index (χ4n) is 0.958. The Morgan fingerprint density at radius 2 is 2.08 bits per heavy atom. The second-order valence-corrected chi connectivity index (χ2v) is 2.58. The number of nitrogens with zero attached hydrogens (tertiary/aromatic N) is 1. The molecule has 0 aliphatic rings. The van der Waals surface area contributed by atoms with Gasteiger partial charge >= 0.3 is 5.97 Å². The first-order valence-corrected chi connectivity index (χ1v) is 3.88. The molecule has 0 aliphatic heterocycles. The molecule has 3 heteroatoms. The van der Waals surface area contributed by atoms with Crippen LogP contribution in [-0.2, 0) is 16.0 Å². The van der Waals surface area contributed by atoms with Gasteiger partial charge in [-0.1, -0.05) is 12.1 Å². The van der Waals surface area contributed by atoms with Crippen LogP contribution in [0.5, 0.6) is 0 Å². The Morgan fingerprint density at radius 1 is 1.46 bits per heavy atom. The highest BCUT2D eigenvalue weighted by Crippen LogP contribution is 2.12. The summed E-state index contributed by atoms with van der Waals surface area (Å²) < 4.78 is 4.54. The minimum Gasteiger partial charge on any atom is -0.469 e. The van der Waals surface area contributed by atoms with Gasteiger partial charge in [0.15, 0.2) is 0 Å². The number of carbonyl (C=O) groups excluding carboxylic acids is 1. The quantitative estimate of drug-likeness (QED) is 0.521. The van der Waals surface area contributed by atoms with Gasteiger partial charge in [0, 0.05) is 0 Å². The summed E-state index contributed by atoms with van der Waals surface area (Å²) in [6.45, 7) is 3.40. The van der Waals surface area contributed by atoms with Gasteiger partial charge in [0.1, 0.15) is 0 Å². The van der Waals surface area contributed by atoms with Crippen LogP contribution >= 0.6 is 0 Å². The zero-order valence-electron chi connectivity index (χ0n) is 7.49. The summed E-state index contributed by atoms with van der Waals surface area (Å²) in [6.07, 6.45) is 0.300. The predicted molar refractivity (Wildman–Crippen MR) is 51.4 cm³/mol. The average Bonchev–Trinajstić information content (AvgIpc) is 2.19. The van der Waals surface area contributed by atoms with Crippen molar-refractivity contribution in [3.63, 3.8) is 0 Å². The molecule has 0 bridgehead atoms. The topological polar surface area (TPSA) is 38.7 Å². The molecule has 0 saturated carbocycles. The van der Waals surface area contributed by atoms with Gasteiger partial charge in [-0.05, 0) is 24.4 Å². The third kappa shape index (κ3) is 2.71. The molecule has 0 amide bonds. The van der Waals surface area contributed by atoms with Crippen LogP contribution in [0.25, 0.3) is 0 Å². The van der Waals surface area contributed by atoms with Crippen LogP contribution in [0.4, 0.5) is 5.69 Å². The van der Waals surface area contributed by atoms with Gasteiger partial charge in [-0.15, -0.1) is 0 Å². The molecule has 68 valence electrons. The lowest BCUT2D eigenvalue weighted by atomic mass is 10.1. The van der Waals surface area contributed by atoms with Gasteiger partial charge < -0.3 is 4.74 Å². The Labute approximate surface area is 77.1 Å². The summed E-state index contributed by atoms with van der Waals surface area (Å²) >= 11 is 0. The number of methoxy groups -OCH3 is 1. The highest BCUT2D eigenvalue weighted by molar-refractivity contribution is 5.72. The number of benzene rings is 1. The summed E-state index contributed by atoms with van der Waals surface area (Å²) in [4.78, 5) is 14.6. The molecule has 1 aromatic rings. The number of aliphatic imine (C=N–C) groups is 1. The minimum absolute atomic E-state index is 0.237. The van der Waals surface area contributed by atoms with Crippen molar-refractivity contribution in [1.29, 1.82) is 0 Å². The van der Waals surface area contributed by atoms with Crippen molar-refractivity contribution in [2.24, 2.45) is 4.99 Å². The first-order chi connectivity index (χ1) is 6.26. The molecule has 0 heterocycles. The van der Waals surface area contributed by atoms with Crippen LogP contribution in [0.3, 0.4) is 0 Å². The maximum absolute atomic E-state index is 10.9. The monoisotopic (exact) mass is 177 g/mol. The number of hydrogen-bond acceptors (Lipinski definition) is 3. The van der Waals surface area contributed by atoms with Gasteiger partial charge in [0.25, 0.3) is 0 Å². The second kappa shape index (κ2) is 4.40. The van der Waals surface area contributed by atoms with E-state index in [0.717, 1.165) is 11.3 Å². The van der Waals surface area contributed by atoms with Crippen molar-refractivity contribution in [2.75, 3.05) is 7.11 Å². The van der Waals surface area contributed by atoms with Crippen LogP contribution < -0.4 is 0 Å². The first kappa shape index (κ1) is 9.45. The van der Waals surface area contributed by atoms with Gasteiger partial charge in [-0.25, -0.2) is 0 Å². The zero-order valence-corrected chi connectivity index (χ0v) is 7.49. The van der Waals surface area contributed by atoms with Crippen molar-refractivity contribution >= 4 is 18.4 Å². The molecule has 3 nitrogen and oxygen atoms in total. The first-order valence-electron chi connectivity index (χ1n) is 3.88. The Bertz CT molecular complexity index is 303. The fraction of sp³-hybridized carbons (Fsp3) is 0.200. The Balaban J connectivity index is 2.69. The van der Waals surface area contributed by atoms with Crippen LogP contribution in [0.1, 0.15) is 5.56 Å². The molecule has 0 unspecified atom stereocenters. The number of hydrogen-bond donors (Lipinski definition) is 0. The molecule has 0 spiro atoms. The second-order valence-electron chi connectivity index (χ2n) is 2.58. The third-order valence-electron chi connectivity index (χ3n) is 1.70. The zero-order chi connectivity index (χ0) is 9.68. The molecule has 0 radical (unpaired) electrons. The van der Waals surface area contributed by atoms with E-state index in [1.165, 1.54) is 7.11 Å². The van der Waals surface area contributed by atoms with E-state index >= 15 is 0 Å². The van der Waals surface area contributed by atoms with Gasteiger partial charge in [0.05, 0.1) is 19.2 Å². The fourth-order valence-corrected chi connectivity index (χ4v) is 0.958. The standard InChI is InChI=1S/C10H11NO2/c1-11-9-5-3-8(4-6-9)7-10(12)13-2/h3-6H,1,7H2,2H3. The van der Waals surface area contributed by atoms with Gasteiger partial charge in [-0.3, -0.25) is 9.79 Å². The Morgan fingerprint density at radius 3 is 2.54 bits per heavy atom. The lowest BCUT2D eigenvalue weighted by molar-refractivity contribution is -0.139. The summed E-state index contributed by atoms with van der Waals surface area (Å²) in [5.41, 5.74) is 1.72. The van der Waals surface area contributed by atoms with Crippen molar-refractivity contribution in [1.82, 2.24) is 0 Å². The minimum atomic E-state index is -0.237. The molecule has 0 aliphatic carbocycles.